The van der Waals surface area contributed by atoms with E-state index in [0.717, 1.165) is 12.1 Å². The Labute approximate surface area is 116 Å². The molecule has 1 aromatic rings. The first-order chi connectivity index (χ1) is 8.24. The molecule has 18 heavy (non-hydrogen) atoms. The molecule has 1 unspecified atom stereocenters. The Morgan fingerprint density at radius 3 is 2.50 bits per heavy atom. The van der Waals surface area contributed by atoms with Gasteiger partial charge in [-0.2, -0.15) is 13.2 Å². The summed E-state index contributed by atoms with van der Waals surface area (Å²) in [5.74, 6) is -0.0523. The first kappa shape index (κ1) is 15.5. The second-order valence-corrected chi connectivity index (χ2v) is 5.38. The number of Topliss-reactive ketones (excluding diaryl/α,β-unsaturated/α-hetero) is 1. The Morgan fingerprint density at radius 1 is 1.39 bits per heavy atom. The third kappa shape index (κ3) is 4.28. The van der Waals surface area contributed by atoms with Crippen LogP contribution in [0.15, 0.2) is 18.2 Å². The molecule has 1 nitrogen and oxygen atoms in total. The third-order valence-electron chi connectivity index (χ3n) is 2.40. The SMILES string of the molecule is CCC(=O)C(Br)Cc1cc(Cl)cc(C(F)(F)F)c1. The molecule has 0 aliphatic rings. The average Bonchev–Trinajstić information content (AvgIpc) is 2.25. The number of carbonyl (C=O) groups is 1. The molecule has 1 atom stereocenters. The van der Waals surface area contributed by atoms with E-state index in [-0.39, 0.29) is 17.2 Å². The lowest BCUT2D eigenvalue weighted by Gasteiger charge is -2.12. The maximum Gasteiger partial charge on any atom is 0.416 e. The van der Waals surface area contributed by atoms with Gasteiger partial charge in [0.1, 0.15) is 5.78 Å². The minimum absolute atomic E-state index is 0.0171. The summed E-state index contributed by atoms with van der Waals surface area (Å²) in [5, 5.41) is 0.0171. The maximum absolute atomic E-state index is 12.6. The fraction of sp³-hybridized carbons (Fsp3) is 0.417. The molecule has 0 fully saturated rings. The van der Waals surface area contributed by atoms with Crippen LogP contribution >= 0.6 is 27.5 Å². The predicted octanol–water partition coefficient (Wildman–Crippen LogP) is 4.64. The van der Waals surface area contributed by atoms with E-state index in [1.54, 1.807) is 6.92 Å². The summed E-state index contributed by atoms with van der Waals surface area (Å²) in [6, 6.07) is 3.33. The van der Waals surface area contributed by atoms with Crippen molar-refractivity contribution in [2.75, 3.05) is 0 Å². The summed E-state index contributed by atoms with van der Waals surface area (Å²) in [5.41, 5.74) is -0.410. The standard InChI is InChI=1S/C12H11BrClF3O/c1-2-11(18)10(13)5-7-3-8(12(15,16)17)6-9(14)4-7/h3-4,6,10H,2,5H2,1H3. The molecule has 100 valence electrons. The van der Waals surface area contributed by atoms with Gasteiger partial charge in [0.25, 0.3) is 0 Å². The summed E-state index contributed by atoms with van der Waals surface area (Å²) < 4.78 is 37.7. The van der Waals surface area contributed by atoms with E-state index >= 15 is 0 Å². The number of alkyl halides is 4. The Morgan fingerprint density at radius 2 is 2.00 bits per heavy atom. The summed E-state index contributed by atoms with van der Waals surface area (Å²) in [4.78, 5) is 10.9. The lowest BCUT2D eigenvalue weighted by atomic mass is 10.0. The van der Waals surface area contributed by atoms with E-state index in [2.05, 4.69) is 15.9 Å². The van der Waals surface area contributed by atoms with E-state index < -0.39 is 16.6 Å². The topological polar surface area (TPSA) is 17.1 Å². The van der Waals surface area contributed by atoms with Crippen LogP contribution in [0, 0.1) is 0 Å². The average molecular weight is 344 g/mol. The monoisotopic (exact) mass is 342 g/mol. The lowest BCUT2D eigenvalue weighted by molar-refractivity contribution is -0.137. The van der Waals surface area contributed by atoms with Crippen molar-refractivity contribution in [1.82, 2.24) is 0 Å². The number of ketones is 1. The van der Waals surface area contributed by atoms with Crippen molar-refractivity contribution in [3.63, 3.8) is 0 Å². The molecular formula is C12H11BrClF3O. The van der Waals surface area contributed by atoms with Gasteiger partial charge in [-0.15, -0.1) is 0 Å². The van der Waals surface area contributed by atoms with E-state index in [0.29, 0.717) is 12.0 Å². The third-order valence-corrected chi connectivity index (χ3v) is 3.45. The lowest BCUT2D eigenvalue weighted by Crippen LogP contribution is -2.16. The molecule has 0 saturated carbocycles. The predicted molar refractivity (Wildman–Crippen MR) is 68.2 cm³/mol. The molecule has 0 bridgehead atoms. The highest BCUT2D eigenvalue weighted by Crippen LogP contribution is 2.32. The Bertz CT molecular complexity index is 445. The van der Waals surface area contributed by atoms with Crippen LogP contribution < -0.4 is 0 Å². The van der Waals surface area contributed by atoms with Gasteiger partial charge in [-0.05, 0) is 30.2 Å². The van der Waals surface area contributed by atoms with Crippen LogP contribution in [0.1, 0.15) is 24.5 Å². The van der Waals surface area contributed by atoms with Gasteiger partial charge in [-0.1, -0.05) is 34.5 Å². The smallest absolute Gasteiger partial charge is 0.298 e. The first-order valence-corrected chi connectivity index (χ1v) is 6.57. The van der Waals surface area contributed by atoms with Crippen LogP contribution in [-0.4, -0.2) is 10.6 Å². The molecule has 0 aliphatic carbocycles. The van der Waals surface area contributed by atoms with Gasteiger partial charge in [-0.25, -0.2) is 0 Å². The normalized spacial score (nSPS) is 13.4. The van der Waals surface area contributed by atoms with Crippen LogP contribution in [-0.2, 0) is 17.4 Å². The number of hydrogen-bond acceptors (Lipinski definition) is 1. The highest BCUT2D eigenvalue weighted by atomic mass is 79.9. The van der Waals surface area contributed by atoms with Crippen LogP contribution in [0.5, 0.6) is 0 Å². The molecule has 0 amide bonds. The number of carbonyl (C=O) groups excluding carboxylic acids is 1. The molecular weight excluding hydrogens is 332 g/mol. The molecule has 0 N–H and O–H groups in total. The van der Waals surface area contributed by atoms with Crippen molar-refractivity contribution in [3.05, 3.63) is 34.3 Å². The molecule has 0 aliphatic heterocycles. The molecule has 0 radical (unpaired) electrons. The summed E-state index contributed by atoms with van der Waals surface area (Å²) in [6.45, 7) is 1.70. The van der Waals surface area contributed by atoms with Crippen molar-refractivity contribution in [3.8, 4) is 0 Å². The van der Waals surface area contributed by atoms with Gasteiger partial charge >= 0.3 is 6.18 Å². The summed E-state index contributed by atoms with van der Waals surface area (Å²) >= 11 is 8.82. The van der Waals surface area contributed by atoms with Crippen LogP contribution in [0.2, 0.25) is 5.02 Å². The van der Waals surface area contributed by atoms with Gasteiger partial charge in [0, 0.05) is 11.4 Å². The molecule has 6 heteroatoms. The van der Waals surface area contributed by atoms with E-state index in [9.17, 15) is 18.0 Å². The van der Waals surface area contributed by atoms with E-state index in [1.165, 1.54) is 6.07 Å². The van der Waals surface area contributed by atoms with Crippen molar-refractivity contribution < 1.29 is 18.0 Å². The molecule has 0 saturated heterocycles. The number of benzene rings is 1. The van der Waals surface area contributed by atoms with E-state index in [4.69, 9.17) is 11.6 Å². The molecule has 0 heterocycles. The zero-order valence-corrected chi connectivity index (χ0v) is 11.9. The van der Waals surface area contributed by atoms with Crippen molar-refractivity contribution in [2.45, 2.75) is 30.8 Å². The fourth-order valence-electron chi connectivity index (χ4n) is 1.47. The largest absolute Gasteiger partial charge is 0.416 e. The maximum atomic E-state index is 12.6. The van der Waals surface area contributed by atoms with Crippen LogP contribution in [0.3, 0.4) is 0 Å². The second kappa shape index (κ2) is 6.06. The minimum atomic E-state index is -4.43. The Kier molecular flexibility index (Phi) is 5.22. The molecule has 0 aromatic heterocycles. The molecule has 0 spiro atoms. The minimum Gasteiger partial charge on any atom is -0.298 e. The quantitative estimate of drug-likeness (QED) is 0.728. The van der Waals surface area contributed by atoms with Crippen LogP contribution in [0.25, 0.3) is 0 Å². The highest BCUT2D eigenvalue weighted by molar-refractivity contribution is 9.10. The van der Waals surface area contributed by atoms with Crippen molar-refractivity contribution >= 4 is 33.3 Å². The van der Waals surface area contributed by atoms with Gasteiger partial charge in [0.05, 0.1) is 10.4 Å². The number of rotatable bonds is 4. The zero-order valence-electron chi connectivity index (χ0n) is 9.52. The van der Waals surface area contributed by atoms with Crippen molar-refractivity contribution in [2.24, 2.45) is 0 Å². The fourth-order valence-corrected chi connectivity index (χ4v) is 2.43. The van der Waals surface area contributed by atoms with Gasteiger partial charge in [-0.3, -0.25) is 4.79 Å². The zero-order chi connectivity index (χ0) is 13.9. The van der Waals surface area contributed by atoms with Gasteiger partial charge in [0.15, 0.2) is 0 Å². The van der Waals surface area contributed by atoms with E-state index in [1.807, 2.05) is 0 Å². The second-order valence-electron chi connectivity index (χ2n) is 3.84. The van der Waals surface area contributed by atoms with Crippen molar-refractivity contribution in [1.29, 1.82) is 0 Å². The highest BCUT2D eigenvalue weighted by Gasteiger charge is 2.31. The van der Waals surface area contributed by atoms with Gasteiger partial charge in [0.2, 0.25) is 0 Å². The molecule has 1 aromatic carbocycles. The summed E-state index contributed by atoms with van der Waals surface area (Å²) in [7, 11) is 0. The Balaban J connectivity index is 2.97. The molecule has 1 rings (SSSR count). The Hall–Kier alpha value is -0.550. The number of halogens is 5. The summed E-state index contributed by atoms with van der Waals surface area (Å²) in [6.07, 6.45) is -3.91. The number of hydrogen-bond donors (Lipinski definition) is 0. The van der Waals surface area contributed by atoms with Crippen LogP contribution in [0.4, 0.5) is 13.2 Å². The van der Waals surface area contributed by atoms with Gasteiger partial charge < -0.3 is 0 Å². The first-order valence-electron chi connectivity index (χ1n) is 5.27.